The van der Waals surface area contributed by atoms with Crippen LogP contribution in [0.2, 0.25) is 0 Å². The highest BCUT2D eigenvalue weighted by molar-refractivity contribution is 7.09. The van der Waals surface area contributed by atoms with Gasteiger partial charge in [0.2, 0.25) is 17.4 Å². The second kappa shape index (κ2) is 8.83. The Morgan fingerprint density at radius 1 is 1.32 bits per heavy atom. The SMILES string of the molecule is COc1ccc(NC(=O)C2CCCN2C(=O)CC(O)(c2nc(C)cs2)C(F)(F)F)cc1. The number of alkyl halides is 3. The third-order valence-corrected chi connectivity index (χ3v) is 6.19. The number of aryl methyl sites for hydroxylation is 1. The smallest absolute Gasteiger partial charge is 0.424 e. The standard InChI is InChI=1S/C20H22F3N3O4S/c1-12-11-31-18(24-12)19(29,20(21,22)23)10-16(27)26-9-3-4-15(26)17(28)25-13-5-7-14(30-2)8-6-13/h5-8,11,15,29H,3-4,9-10H2,1-2H3,(H,25,28). The predicted molar refractivity (Wildman–Crippen MR) is 108 cm³/mol. The molecule has 0 radical (unpaired) electrons. The minimum absolute atomic E-state index is 0.129. The van der Waals surface area contributed by atoms with Gasteiger partial charge in [-0.25, -0.2) is 4.98 Å². The maximum atomic E-state index is 13.7. The van der Waals surface area contributed by atoms with Crippen LogP contribution in [0.3, 0.4) is 0 Å². The number of carbonyl (C=O) groups excluding carboxylic acids is 2. The summed E-state index contributed by atoms with van der Waals surface area (Å²) in [7, 11) is 1.50. The average Bonchev–Trinajstić information content (AvgIpc) is 3.37. The lowest BCUT2D eigenvalue weighted by Crippen LogP contribution is -2.49. The third kappa shape index (κ3) is 4.82. The Morgan fingerprint density at radius 2 is 2.00 bits per heavy atom. The van der Waals surface area contributed by atoms with Gasteiger partial charge in [-0.05, 0) is 44.0 Å². The van der Waals surface area contributed by atoms with E-state index in [1.54, 1.807) is 24.3 Å². The highest BCUT2D eigenvalue weighted by atomic mass is 32.1. The second-order valence-corrected chi connectivity index (χ2v) is 8.15. The number of halogens is 3. The first-order chi connectivity index (χ1) is 14.5. The van der Waals surface area contributed by atoms with Crippen molar-refractivity contribution in [2.45, 2.75) is 44.0 Å². The van der Waals surface area contributed by atoms with E-state index in [0.717, 1.165) is 4.90 Å². The zero-order chi connectivity index (χ0) is 22.8. The second-order valence-electron chi connectivity index (χ2n) is 7.29. The summed E-state index contributed by atoms with van der Waals surface area (Å²) in [5.74, 6) is -0.865. The normalized spacial score (nSPS) is 18.5. The summed E-state index contributed by atoms with van der Waals surface area (Å²) < 4.78 is 46.2. The molecule has 0 spiro atoms. The van der Waals surface area contributed by atoms with Crippen molar-refractivity contribution >= 4 is 28.8 Å². The van der Waals surface area contributed by atoms with Gasteiger partial charge in [-0.1, -0.05) is 0 Å². The number of aliphatic hydroxyl groups is 1. The first-order valence-corrected chi connectivity index (χ1v) is 10.4. The number of benzene rings is 1. The van der Waals surface area contributed by atoms with Crippen LogP contribution in [0.15, 0.2) is 29.6 Å². The number of amides is 2. The van der Waals surface area contributed by atoms with Gasteiger partial charge in [0.25, 0.3) is 0 Å². The van der Waals surface area contributed by atoms with Crippen LogP contribution >= 0.6 is 11.3 Å². The van der Waals surface area contributed by atoms with Crippen LogP contribution in [0.1, 0.15) is 30.0 Å². The molecule has 0 saturated carbocycles. The zero-order valence-corrected chi connectivity index (χ0v) is 17.7. The molecule has 2 heterocycles. The van der Waals surface area contributed by atoms with E-state index in [1.807, 2.05) is 0 Å². The lowest BCUT2D eigenvalue weighted by atomic mass is 9.98. The maximum absolute atomic E-state index is 13.7. The molecule has 2 unspecified atom stereocenters. The van der Waals surface area contributed by atoms with E-state index in [-0.39, 0.29) is 6.54 Å². The molecular weight excluding hydrogens is 435 g/mol. The number of hydrogen-bond donors (Lipinski definition) is 2. The summed E-state index contributed by atoms with van der Waals surface area (Å²) in [6.07, 6.45) is -5.56. The number of nitrogens with one attached hydrogen (secondary N) is 1. The van der Waals surface area contributed by atoms with Crippen molar-refractivity contribution in [3.05, 3.63) is 40.3 Å². The Hall–Kier alpha value is -2.66. The number of carbonyl (C=O) groups is 2. The molecule has 168 valence electrons. The fraction of sp³-hybridized carbons (Fsp3) is 0.450. The Bertz CT molecular complexity index is 948. The Morgan fingerprint density at radius 3 is 2.55 bits per heavy atom. The quantitative estimate of drug-likeness (QED) is 0.695. The van der Waals surface area contributed by atoms with E-state index < -0.39 is 41.1 Å². The van der Waals surface area contributed by atoms with E-state index in [0.29, 0.717) is 41.3 Å². The van der Waals surface area contributed by atoms with E-state index >= 15 is 0 Å². The van der Waals surface area contributed by atoms with Crippen LogP contribution < -0.4 is 10.1 Å². The van der Waals surface area contributed by atoms with Crippen molar-refractivity contribution in [3.8, 4) is 5.75 Å². The molecule has 2 atom stereocenters. The van der Waals surface area contributed by atoms with Crippen molar-refractivity contribution in [3.63, 3.8) is 0 Å². The van der Waals surface area contributed by atoms with Crippen LogP contribution in [0.4, 0.5) is 18.9 Å². The molecule has 0 bridgehead atoms. The van der Waals surface area contributed by atoms with Gasteiger partial charge in [0.05, 0.1) is 13.5 Å². The number of rotatable bonds is 6. The van der Waals surface area contributed by atoms with Gasteiger partial charge in [0, 0.05) is 23.3 Å². The van der Waals surface area contributed by atoms with E-state index in [1.165, 1.54) is 19.4 Å². The van der Waals surface area contributed by atoms with Crippen molar-refractivity contribution in [2.24, 2.45) is 0 Å². The number of nitrogens with zero attached hydrogens (tertiary/aromatic N) is 2. The van der Waals surface area contributed by atoms with Gasteiger partial charge in [-0.2, -0.15) is 13.2 Å². The molecule has 1 fully saturated rings. The van der Waals surface area contributed by atoms with Gasteiger partial charge in [-0.15, -0.1) is 11.3 Å². The third-order valence-electron chi connectivity index (χ3n) is 5.08. The number of thiazole rings is 1. The molecule has 31 heavy (non-hydrogen) atoms. The van der Waals surface area contributed by atoms with Crippen molar-refractivity contribution < 1.29 is 32.6 Å². The minimum atomic E-state index is -5.10. The van der Waals surface area contributed by atoms with Crippen LogP contribution in [0, 0.1) is 6.92 Å². The van der Waals surface area contributed by atoms with Gasteiger partial charge in [0.1, 0.15) is 16.8 Å². The molecule has 3 rings (SSSR count). The first kappa shape index (κ1) is 23.0. The number of likely N-dealkylation sites (tertiary alicyclic amines) is 1. The zero-order valence-electron chi connectivity index (χ0n) is 16.9. The summed E-state index contributed by atoms with van der Waals surface area (Å²) in [5, 5.41) is 13.9. The molecule has 1 aliphatic rings. The summed E-state index contributed by atoms with van der Waals surface area (Å²) in [5.41, 5.74) is -2.63. The van der Waals surface area contributed by atoms with E-state index in [4.69, 9.17) is 4.74 Å². The molecule has 1 aliphatic heterocycles. The van der Waals surface area contributed by atoms with Gasteiger partial charge < -0.3 is 20.1 Å². The molecule has 2 amide bonds. The van der Waals surface area contributed by atoms with E-state index in [9.17, 15) is 27.9 Å². The Balaban J connectivity index is 1.75. The number of aromatic nitrogens is 1. The van der Waals surface area contributed by atoms with Gasteiger partial charge in [0.15, 0.2) is 0 Å². The molecule has 1 aromatic carbocycles. The molecule has 2 N–H and O–H groups in total. The molecule has 0 aliphatic carbocycles. The van der Waals surface area contributed by atoms with Crippen molar-refractivity contribution in [2.75, 3.05) is 19.0 Å². The molecule has 2 aromatic rings. The highest BCUT2D eigenvalue weighted by Crippen LogP contribution is 2.43. The minimum Gasteiger partial charge on any atom is -0.497 e. The molecular formula is C20H22F3N3O4S. The number of anilines is 1. The largest absolute Gasteiger partial charge is 0.497 e. The molecule has 1 aromatic heterocycles. The number of ether oxygens (including phenoxy) is 1. The van der Waals surface area contributed by atoms with Crippen molar-refractivity contribution in [1.29, 1.82) is 0 Å². The summed E-state index contributed by atoms with van der Waals surface area (Å²) in [6, 6.07) is 5.60. The lowest BCUT2D eigenvalue weighted by molar-refractivity contribution is -0.268. The van der Waals surface area contributed by atoms with Crippen molar-refractivity contribution in [1.82, 2.24) is 9.88 Å². The van der Waals surface area contributed by atoms with Gasteiger partial charge in [-0.3, -0.25) is 9.59 Å². The topological polar surface area (TPSA) is 91.8 Å². The van der Waals surface area contributed by atoms with E-state index in [2.05, 4.69) is 10.3 Å². The van der Waals surface area contributed by atoms with Crippen LogP contribution in [-0.4, -0.2) is 52.7 Å². The number of hydrogen-bond acceptors (Lipinski definition) is 6. The monoisotopic (exact) mass is 457 g/mol. The van der Waals surface area contributed by atoms with Crippen LogP contribution in [0.5, 0.6) is 5.75 Å². The summed E-state index contributed by atoms with van der Waals surface area (Å²) >= 11 is 0.638. The Kier molecular flexibility index (Phi) is 6.56. The van der Waals surface area contributed by atoms with Crippen LogP contribution in [-0.2, 0) is 15.2 Å². The molecule has 7 nitrogen and oxygen atoms in total. The van der Waals surface area contributed by atoms with Gasteiger partial charge >= 0.3 is 6.18 Å². The fourth-order valence-electron chi connectivity index (χ4n) is 3.40. The maximum Gasteiger partial charge on any atom is 0.424 e. The number of methoxy groups -OCH3 is 1. The molecule has 1 saturated heterocycles. The molecule has 11 heteroatoms. The van der Waals surface area contributed by atoms with Crippen LogP contribution in [0.25, 0.3) is 0 Å². The average molecular weight is 457 g/mol. The first-order valence-electron chi connectivity index (χ1n) is 9.51. The summed E-state index contributed by atoms with van der Waals surface area (Å²) in [6.45, 7) is 1.63. The highest BCUT2D eigenvalue weighted by Gasteiger charge is 2.59. The lowest BCUT2D eigenvalue weighted by Gasteiger charge is -2.31. The fourth-order valence-corrected chi connectivity index (χ4v) is 4.31. The Labute approximate surface area is 180 Å². The summed E-state index contributed by atoms with van der Waals surface area (Å²) in [4.78, 5) is 30.3. The predicted octanol–water partition coefficient (Wildman–Crippen LogP) is 3.23.